The molecule has 0 unspecified atom stereocenters. The van der Waals surface area contributed by atoms with E-state index in [0.717, 1.165) is 0 Å². The zero-order valence-corrected chi connectivity index (χ0v) is 7.48. The van der Waals surface area contributed by atoms with Gasteiger partial charge in [0.25, 0.3) is 0 Å². The number of rotatable bonds is 0. The van der Waals surface area contributed by atoms with Crippen LogP contribution in [0.25, 0.3) is 0 Å². The molecule has 0 aromatic carbocycles. The SMILES string of the molecule is CC(C)(C)n1nc(Cl)cc1F. The van der Waals surface area contributed by atoms with Crippen LogP contribution in [0, 0.1) is 5.95 Å². The molecule has 0 N–H and O–H groups in total. The molecule has 0 spiro atoms. The van der Waals surface area contributed by atoms with E-state index in [2.05, 4.69) is 5.10 Å². The van der Waals surface area contributed by atoms with Gasteiger partial charge >= 0.3 is 0 Å². The molecule has 0 aliphatic rings. The molecule has 2 nitrogen and oxygen atoms in total. The van der Waals surface area contributed by atoms with Crippen LogP contribution in [0.4, 0.5) is 4.39 Å². The van der Waals surface area contributed by atoms with Crippen LogP contribution in [0.15, 0.2) is 6.07 Å². The van der Waals surface area contributed by atoms with Crippen LogP contribution in [0.1, 0.15) is 20.8 Å². The summed E-state index contributed by atoms with van der Waals surface area (Å²) in [6.45, 7) is 5.58. The molecular weight excluding hydrogens is 167 g/mol. The van der Waals surface area contributed by atoms with E-state index in [1.807, 2.05) is 20.8 Å². The highest BCUT2D eigenvalue weighted by Gasteiger charge is 2.18. The topological polar surface area (TPSA) is 17.8 Å². The van der Waals surface area contributed by atoms with Crippen LogP contribution < -0.4 is 0 Å². The Morgan fingerprint density at radius 3 is 2.27 bits per heavy atom. The second-order valence-electron chi connectivity index (χ2n) is 3.37. The summed E-state index contributed by atoms with van der Waals surface area (Å²) in [5, 5.41) is 3.98. The number of hydrogen-bond donors (Lipinski definition) is 0. The summed E-state index contributed by atoms with van der Waals surface area (Å²) >= 11 is 5.50. The van der Waals surface area contributed by atoms with E-state index < -0.39 is 5.95 Å². The highest BCUT2D eigenvalue weighted by Crippen LogP contribution is 2.17. The van der Waals surface area contributed by atoms with Gasteiger partial charge in [0.2, 0.25) is 5.95 Å². The fourth-order valence-corrected chi connectivity index (χ4v) is 0.968. The average Bonchev–Trinajstić information content (AvgIpc) is 2.08. The molecule has 0 saturated carbocycles. The van der Waals surface area contributed by atoms with Gasteiger partial charge in [0, 0.05) is 6.07 Å². The minimum atomic E-state index is -0.400. The molecule has 0 radical (unpaired) electrons. The predicted octanol–water partition coefficient (Wildman–Crippen LogP) is 2.43. The Kier molecular flexibility index (Phi) is 1.92. The van der Waals surface area contributed by atoms with Crippen molar-refractivity contribution in [2.24, 2.45) is 0 Å². The van der Waals surface area contributed by atoms with Crippen LogP contribution in [0.2, 0.25) is 5.15 Å². The minimum absolute atomic E-state index is 0.192. The summed E-state index contributed by atoms with van der Waals surface area (Å²) < 4.78 is 14.2. The fourth-order valence-electron chi connectivity index (χ4n) is 0.802. The van der Waals surface area contributed by atoms with Gasteiger partial charge in [-0.05, 0) is 20.8 Å². The fraction of sp³-hybridized carbons (Fsp3) is 0.571. The number of nitrogens with zero attached hydrogens (tertiary/aromatic N) is 2. The Labute approximate surface area is 70.0 Å². The Balaban J connectivity index is 3.13. The van der Waals surface area contributed by atoms with Crippen LogP contribution in [0.3, 0.4) is 0 Å². The molecule has 0 fully saturated rings. The summed E-state index contributed by atoms with van der Waals surface area (Å²) in [5.74, 6) is -0.400. The third-order valence-corrected chi connectivity index (χ3v) is 1.46. The zero-order chi connectivity index (χ0) is 8.65. The Morgan fingerprint density at radius 1 is 1.55 bits per heavy atom. The third-order valence-electron chi connectivity index (χ3n) is 1.27. The molecule has 62 valence electrons. The molecule has 0 aliphatic carbocycles. The van der Waals surface area contributed by atoms with Crippen molar-refractivity contribution in [1.29, 1.82) is 0 Å². The van der Waals surface area contributed by atoms with Gasteiger partial charge < -0.3 is 0 Å². The van der Waals surface area contributed by atoms with Crippen molar-refractivity contribution in [2.75, 3.05) is 0 Å². The van der Waals surface area contributed by atoms with E-state index in [4.69, 9.17) is 11.6 Å². The maximum Gasteiger partial charge on any atom is 0.213 e. The Morgan fingerprint density at radius 2 is 2.09 bits per heavy atom. The van der Waals surface area contributed by atoms with Crippen LogP contribution in [-0.4, -0.2) is 9.78 Å². The second-order valence-corrected chi connectivity index (χ2v) is 3.76. The summed E-state index contributed by atoms with van der Waals surface area (Å²) in [6, 6.07) is 1.20. The normalized spacial score (nSPS) is 12.1. The first-order chi connectivity index (χ1) is 4.91. The molecule has 1 aromatic heterocycles. The van der Waals surface area contributed by atoms with E-state index in [9.17, 15) is 4.39 Å². The largest absolute Gasteiger partial charge is 0.233 e. The molecule has 4 heteroatoms. The van der Waals surface area contributed by atoms with Gasteiger partial charge in [-0.1, -0.05) is 11.6 Å². The van der Waals surface area contributed by atoms with Gasteiger partial charge in [-0.15, -0.1) is 0 Å². The molecule has 0 atom stereocenters. The standard InChI is InChI=1S/C7H10ClFN2/c1-7(2,3)11-6(9)4-5(8)10-11/h4H,1-3H3. The lowest BCUT2D eigenvalue weighted by atomic mass is 10.1. The highest BCUT2D eigenvalue weighted by atomic mass is 35.5. The van der Waals surface area contributed by atoms with Crippen molar-refractivity contribution in [3.8, 4) is 0 Å². The molecule has 0 amide bonds. The molecule has 1 rings (SSSR count). The number of hydrogen-bond acceptors (Lipinski definition) is 1. The van der Waals surface area contributed by atoms with E-state index >= 15 is 0 Å². The number of halogens is 2. The minimum Gasteiger partial charge on any atom is -0.233 e. The van der Waals surface area contributed by atoms with Crippen LogP contribution in [-0.2, 0) is 5.54 Å². The lowest BCUT2D eigenvalue weighted by Crippen LogP contribution is -2.24. The number of aromatic nitrogens is 2. The molecule has 1 heterocycles. The molecule has 1 aromatic rings. The van der Waals surface area contributed by atoms with Crippen LogP contribution >= 0.6 is 11.6 Å². The van der Waals surface area contributed by atoms with Crippen molar-refractivity contribution >= 4 is 11.6 Å². The monoisotopic (exact) mass is 176 g/mol. The zero-order valence-electron chi connectivity index (χ0n) is 6.73. The van der Waals surface area contributed by atoms with Gasteiger partial charge in [0.05, 0.1) is 5.54 Å². The molecule has 0 bridgehead atoms. The van der Waals surface area contributed by atoms with E-state index in [0.29, 0.717) is 0 Å². The molecular formula is C7H10ClFN2. The maximum absolute atomic E-state index is 12.9. The van der Waals surface area contributed by atoms with E-state index in [1.54, 1.807) is 0 Å². The molecule has 0 saturated heterocycles. The second kappa shape index (κ2) is 2.48. The van der Waals surface area contributed by atoms with Gasteiger partial charge in [0.15, 0.2) is 5.15 Å². The first-order valence-electron chi connectivity index (χ1n) is 3.33. The van der Waals surface area contributed by atoms with E-state index in [-0.39, 0.29) is 10.7 Å². The van der Waals surface area contributed by atoms with Gasteiger partial charge in [-0.2, -0.15) is 9.49 Å². The smallest absolute Gasteiger partial charge is 0.213 e. The summed E-state index contributed by atoms with van der Waals surface area (Å²) in [6.07, 6.45) is 0. The van der Waals surface area contributed by atoms with Crippen molar-refractivity contribution < 1.29 is 4.39 Å². The Hall–Kier alpha value is -0.570. The summed E-state index contributed by atoms with van der Waals surface area (Å²) in [7, 11) is 0. The predicted molar refractivity (Wildman–Crippen MR) is 42.2 cm³/mol. The Bertz CT molecular complexity index is 262. The lowest BCUT2D eigenvalue weighted by Gasteiger charge is -2.18. The van der Waals surface area contributed by atoms with Gasteiger partial charge in [-0.25, -0.2) is 4.68 Å². The van der Waals surface area contributed by atoms with Crippen molar-refractivity contribution in [1.82, 2.24) is 9.78 Å². The van der Waals surface area contributed by atoms with Crippen molar-refractivity contribution in [2.45, 2.75) is 26.3 Å². The van der Waals surface area contributed by atoms with Crippen LogP contribution in [0.5, 0.6) is 0 Å². The highest BCUT2D eigenvalue weighted by molar-refractivity contribution is 6.29. The van der Waals surface area contributed by atoms with Gasteiger partial charge in [-0.3, -0.25) is 0 Å². The molecule has 0 aliphatic heterocycles. The summed E-state index contributed by atoms with van der Waals surface area (Å²) in [4.78, 5) is 0. The van der Waals surface area contributed by atoms with Crippen molar-refractivity contribution in [3.63, 3.8) is 0 Å². The lowest BCUT2D eigenvalue weighted by molar-refractivity contribution is 0.299. The quantitative estimate of drug-likeness (QED) is 0.594. The average molecular weight is 177 g/mol. The van der Waals surface area contributed by atoms with Gasteiger partial charge in [0.1, 0.15) is 0 Å². The first kappa shape index (κ1) is 8.53. The maximum atomic E-state index is 12.9. The first-order valence-corrected chi connectivity index (χ1v) is 3.70. The van der Waals surface area contributed by atoms with E-state index in [1.165, 1.54) is 10.7 Å². The van der Waals surface area contributed by atoms with Crippen molar-refractivity contribution in [3.05, 3.63) is 17.2 Å². The summed E-state index contributed by atoms with van der Waals surface area (Å²) in [5.41, 5.74) is -0.350. The third kappa shape index (κ3) is 1.71. The molecule has 11 heavy (non-hydrogen) atoms.